The largest absolute Gasteiger partial charge is 0.543 e. The number of aromatic carboxylic acids is 1. The van der Waals surface area contributed by atoms with Crippen LogP contribution in [-0.4, -0.2) is 69.3 Å². The number of hydrogen-bond donors (Lipinski definition) is 0. The summed E-state index contributed by atoms with van der Waals surface area (Å²) in [6.45, 7) is 6.34. The maximum Gasteiger partial charge on any atom is 0.215 e. The summed E-state index contributed by atoms with van der Waals surface area (Å²) in [7, 11) is 0. The van der Waals surface area contributed by atoms with Gasteiger partial charge in [-0.05, 0) is 43.7 Å². The maximum atomic E-state index is 14.2. The van der Waals surface area contributed by atoms with Crippen molar-refractivity contribution >= 4 is 23.0 Å². The van der Waals surface area contributed by atoms with E-state index in [4.69, 9.17) is 19.7 Å². The fraction of sp³-hybridized carbons (Fsp3) is 0.367. The van der Waals surface area contributed by atoms with Crippen LogP contribution in [0.15, 0.2) is 48.5 Å². The Bertz CT molecular complexity index is 1660. The molecule has 6 rings (SSSR count). The summed E-state index contributed by atoms with van der Waals surface area (Å²) in [6, 6.07) is 14.8. The molecule has 2 aliphatic rings. The number of carbonyl (C=O) groups is 1. The molecule has 216 valence electrons. The maximum absolute atomic E-state index is 14.2. The molecule has 2 aliphatic heterocycles. The number of carboxylic acids is 1. The number of hydrogen-bond acceptors (Lipinski definition) is 10. The molecule has 1 aromatic carbocycles. The van der Waals surface area contributed by atoms with Gasteiger partial charge in [0.25, 0.3) is 0 Å². The van der Waals surface area contributed by atoms with Gasteiger partial charge in [-0.1, -0.05) is 12.1 Å². The number of benzene rings is 1. The number of pyridine rings is 2. The van der Waals surface area contributed by atoms with E-state index in [1.807, 2.05) is 22.8 Å². The zero-order valence-electron chi connectivity index (χ0n) is 23.1. The SMILES string of the molecule is C[C@@H](c1nc2ccc(C(=O)[O-])nc2n1C[C@@H]1CCO1)N1CCN(c2cccc(OCc3ccc(C#N)cc3F)n2)CC1. The summed E-state index contributed by atoms with van der Waals surface area (Å²) < 4.78 is 27.7. The molecule has 11 nitrogen and oxygen atoms in total. The van der Waals surface area contributed by atoms with E-state index in [-0.39, 0.29) is 30.0 Å². The standard InChI is InChI=1S/C30H30FN7O4/c1-19(28-33-24-7-8-25(30(39)40)34-29(24)38(28)17-22-9-14-41-22)36-10-12-37(13-11-36)26-3-2-4-27(35-26)42-18-21-6-5-20(16-32)15-23(21)31/h2-8,15,19,22H,9-14,17-18H2,1H3,(H,39,40)/p-1/t19-,22-/m0/s1. The van der Waals surface area contributed by atoms with Gasteiger partial charge < -0.3 is 28.8 Å². The predicted octanol–water partition coefficient (Wildman–Crippen LogP) is 2.45. The topological polar surface area (TPSA) is 132 Å². The first-order valence-corrected chi connectivity index (χ1v) is 13.9. The van der Waals surface area contributed by atoms with Crippen molar-refractivity contribution < 1.29 is 23.8 Å². The lowest BCUT2D eigenvalue weighted by Crippen LogP contribution is -2.48. The Balaban J connectivity index is 1.13. The molecule has 4 aromatic rings. The van der Waals surface area contributed by atoms with Crippen LogP contribution in [0.5, 0.6) is 5.88 Å². The number of nitrogens with zero attached hydrogens (tertiary/aromatic N) is 7. The third-order valence-electron chi connectivity index (χ3n) is 7.84. The van der Waals surface area contributed by atoms with E-state index < -0.39 is 11.8 Å². The summed E-state index contributed by atoms with van der Waals surface area (Å²) >= 11 is 0. The summed E-state index contributed by atoms with van der Waals surface area (Å²) in [5.74, 6) is 0.176. The number of anilines is 1. The monoisotopic (exact) mass is 570 g/mol. The number of ether oxygens (including phenoxy) is 2. The average molecular weight is 571 g/mol. The van der Waals surface area contributed by atoms with Gasteiger partial charge in [0.2, 0.25) is 5.88 Å². The number of aromatic nitrogens is 4. The molecule has 2 saturated heterocycles. The number of piperazine rings is 1. The molecule has 0 radical (unpaired) electrons. The van der Waals surface area contributed by atoms with Gasteiger partial charge in [0.15, 0.2) is 5.65 Å². The van der Waals surface area contributed by atoms with Gasteiger partial charge in [0.1, 0.15) is 29.6 Å². The van der Waals surface area contributed by atoms with Crippen LogP contribution >= 0.6 is 0 Å². The molecule has 42 heavy (non-hydrogen) atoms. The Hall–Kier alpha value is -4.60. The van der Waals surface area contributed by atoms with Crippen molar-refractivity contribution in [3.63, 3.8) is 0 Å². The number of rotatable bonds is 9. The van der Waals surface area contributed by atoms with Crippen LogP contribution < -0.4 is 14.7 Å². The highest BCUT2D eigenvalue weighted by Gasteiger charge is 2.29. The first-order valence-electron chi connectivity index (χ1n) is 13.9. The molecular formula is C30H29FN7O4-. The van der Waals surface area contributed by atoms with Gasteiger partial charge in [-0.25, -0.2) is 14.4 Å². The molecule has 2 atom stereocenters. The van der Waals surface area contributed by atoms with Crippen molar-refractivity contribution in [2.75, 3.05) is 37.7 Å². The van der Waals surface area contributed by atoms with Crippen molar-refractivity contribution in [3.05, 3.63) is 77.0 Å². The van der Waals surface area contributed by atoms with E-state index >= 15 is 0 Å². The van der Waals surface area contributed by atoms with Crippen LogP contribution in [0.25, 0.3) is 11.2 Å². The number of nitriles is 1. The van der Waals surface area contributed by atoms with E-state index in [9.17, 15) is 14.3 Å². The predicted molar refractivity (Wildman–Crippen MR) is 148 cm³/mol. The van der Waals surface area contributed by atoms with Crippen molar-refractivity contribution in [1.29, 1.82) is 5.26 Å². The third-order valence-corrected chi connectivity index (χ3v) is 7.84. The van der Waals surface area contributed by atoms with Crippen LogP contribution in [0.2, 0.25) is 0 Å². The number of fused-ring (bicyclic) bond motifs is 1. The van der Waals surface area contributed by atoms with E-state index in [2.05, 4.69) is 26.7 Å². The second kappa shape index (κ2) is 11.7. The normalized spacial score (nSPS) is 17.9. The van der Waals surface area contributed by atoms with Gasteiger partial charge in [0, 0.05) is 44.4 Å². The minimum Gasteiger partial charge on any atom is -0.543 e. The highest BCUT2D eigenvalue weighted by atomic mass is 19.1. The quantitative estimate of drug-likeness (QED) is 0.296. The lowest BCUT2D eigenvalue weighted by Gasteiger charge is -2.38. The molecule has 0 saturated carbocycles. The van der Waals surface area contributed by atoms with Gasteiger partial charge in [-0.3, -0.25) is 4.90 Å². The second-order valence-electron chi connectivity index (χ2n) is 10.4. The summed E-state index contributed by atoms with van der Waals surface area (Å²) in [6.07, 6.45) is 0.984. The molecule has 0 aliphatic carbocycles. The molecule has 0 amide bonds. The fourth-order valence-corrected chi connectivity index (χ4v) is 5.31. The van der Waals surface area contributed by atoms with Gasteiger partial charge in [0.05, 0.1) is 42.0 Å². The van der Waals surface area contributed by atoms with Crippen LogP contribution in [-0.2, 0) is 17.9 Å². The van der Waals surface area contributed by atoms with E-state index in [0.29, 0.717) is 35.8 Å². The van der Waals surface area contributed by atoms with Crippen LogP contribution in [0.4, 0.5) is 10.2 Å². The van der Waals surface area contributed by atoms with E-state index in [1.54, 1.807) is 24.3 Å². The zero-order valence-corrected chi connectivity index (χ0v) is 23.1. The summed E-state index contributed by atoms with van der Waals surface area (Å²) in [5.41, 5.74) is 1.66. The van der Waals surface area contributed by atoms with E-state index in [1.165, 1.54) is 12.1 Å². The van der Waals surface area contributed by atoms with Crippen LogP contribution in [0.3, 0.4) is 0 Å². The lowest BCUT2D eigenvalue weighted by molar-refractivity contribution is -0.255. The minimum absolute atomic E-state index is 0.00547. The average Bonchev–Trinajstić information content (AvgIpc) is 3.35. The number of halogens is 1. The molecule has 0 N–H and O–H groups in total. The molecule has 0 spiro atoms. The number of imidazole rings is 1. The highest BCUT2D eigenvalue weighted by Crippen LogP contribution is 2.28. The van der Waals surface area contributed by atoms with Crippen LogP contribution in [0.1, 0.15) is 46.8 Å². The van der Waals surface area contributed by atoms with Gasteiger partial charge in [-0.15, -0.1) is 0 Å². The summed E-state index contributed by atoms with van der Waals surface area (Å²) in [5, 5.41) is 20.4. The molecule has 5 heterocycles. The van der Waals surface area contributed by atoms with E-state index in [0.717, 1.165) is 44.2 Å². The second-order valence-corrected chi connectivity index (χ2v) is 10.4. The Kier molecular flexibility index (Phi) is 7.69. The molecule has 12 heteroatoms. The number of carboxylic acid groups (broad SMARTS) is 1. The first kappa shape index (κ1) is 27.6. The zero-order chi connectivity index (χ0) is 29.2. The Morgan fingerprint density at radius 2 is 1.98 bits per heavy atom. The molecule has 0 unspecified atom stereocenters. The van der Waals surface area contributed by atoms with Crippen LogP contribution in [0, 0.1) is 17.1 Å². The minimum atomic E-state index is -1.32. The van der Waals surface area contributed by atoms with Gasteiger partial charge >= 0.3 is 0 Å². The van der Waals surface area contributed by atoms with Crippen molar-refractivity contribution in [1.82, 2.24) is 24.4 Å². The highest BCUT2D eigenvalue weighted by molar-refractivity contribution is 5.86. The molecular weight excluding hydrogens is 541 g/mol. The first-order chi connectivity index (χ1) is 20.4. The van der Waals surface area contributed by atoms with Crippen molar-refractivity contribution in [2.45, 2.75) is 38.6 Å². The number of carbonyl (C=O) groups excluding carboxylic acids is 1. The van der Waals surface area contributed by atoms with Crippen molar-refractivity contribution in [3.8, 4) is 11.9 Å². The molecule has 3 aromatic heterocycles. The smallest absolute Gasteiger partial charge is 0.215 e. The Morgan fingerprint density at radius 1 is 1.17 bits per heavy atom. The Morgan fingerprint density at radius 3 is 2.67 bits per heavy atom. The van der Waals surface area contributed by atoms with Gasteiger partial charge in [-0.2, -0.15) is 10.2 Å². The third kappa shape index (κ3) is 5.61. The fourth-order valence-electron chi connectivity index (χ4n) is 5.31. The Labute approximate surface area is 241 Å². The molecule has 0 bridgehead atoms. The molecule has 2 fully saturated rings. The lowest BCUT2D eigenvalue weighted by atomic mass is 10.1. The van der Waals surface area contributed by atoms with Crippen molar-refractivity contribution in [2.24, 2.45) is 0 Å². The summed E-state index contributed by atoms with van der Waals surface area (Å²) in [4.78, 5) is 29.8.